The molecule has 3 aromatic carbocycles. The van der Waals surface area contributed by atoms with Crippen LogP contribution in [0, 0.1) is 5.41 Å². The van der Waals surface area contributed by atoms with E-state index >= 15 is 0 Å². The fourth-order valence-corrected chi connectivity index (χ4v) is 6.76. The number of aliphatic hydroxyl groups is 3. The molecule has 4 N–H and O–H groups in total. The van der Waals surface area contributed by atoms with Gasteiger partial charge in [0.2, 0.25) is 10.0 Å². The molecule has 5 rings (SSSR count). The standard InChI is InChI=1S/C29H34N2O6S.ClH/c32-24-16-30-38(35,36)28-12-11-23(22-9-5-2-6-10-22)13-27(28)37-20-29(14-25(33)26(34)15-29)19-31(18-24)17-21-7-3-1-4-8-21;/h1-13,24-26,30,32-34H,14-20H2;1H/t24-,25-,26+,29?;/m0./s1. The van der Waals surface area contributed by atoms with E-state index in [0.29, 0.717) is 25.9 Å². The third-order valence-corrected chi connectivity index (χ3v) is 8.85. The first-order valence-electron chi connectivity index (χ1n) is 12.9. The molecule has 1 aliphatic carbocycles. The van der Waals surface area contributed by atoms with Gasteiger partial charge in [-0.2, -0.15) is 0 Å². The van der Waals surface area contributed by atoms with Crippen molar-refractivity contribution in [3.8, 4) is 16.9 Å². The van der Waals surface area contributed by atoms with Gasteiger partial charge >= 0.3 is 0 Å². The Labute approximate surface area is 235 Å². The van der Waals surface area contributed by atoms with Crippen molar-refractivity contribution in [3.63, 3.8) is 0 Å². The van der Waals surface area contributed by atoms with Crippen LogP contribution >= 0.6 is 12.4 Å². The van der Waals surface area contributed by atoms with Crippen LogP contribution < -0.4 is 9.46 Å². The second kappa shape index (κ2) is 12.3. The van der Waals surface area contributed by atoms with Crippen LogP contribution in [0.25, 0.3) is 11.1 Å². The molecule has 1 heterocycles. The van der Waals surface area contributed by atoms with E-state index < -0.39 is 33.8 Å². The number of ether oxygens (including phenoxy) is 1. The molecule has 0 radical (unpaired) electrons. The van der Waals surface area contributed by atoms with Gasteiger partial charge in [-0.1, -0.05) is 66.7 Å². The van der Waals surface area contributed by atoms with Gasteiger partial charge in [-0.15, -0.1) is 12.4 Å². The number of fused-ring (bicyclic) bond motifs is 1. The van der Waals surface area contributed by atoms with E-state index in [1.54, 1.807) is 12.1 Å². The summed E-state index contributed by atoms with van der Waals surface area (Å²) in [5.41, 5.74) is 2.11. The molecule has 0 aromatic heterocycles. The topological polar surface area (TPSA) is 119 Å². The van der Waals surface area contributed by atoms with E-state index in [-0.39, 0.29) is 42.7 Å². The largest absolute Gasteiger partial charge is 0.492 e. The Balaban J connectivity index is 0.00000353. The van der Waals surface area contributed by atoms with Gasteiger partial charge in [-0.05, 0) is 41.7 Å². The van der Waals surface area contributed by atoms with Crippen molar-refractivity contribution >= 4 is 22.4 Å². The maximum absolute atomic E-state index is 13.3. The van der Waals surface area contributed by atoms with Crippen LogP contribution in [0.5, 0.6) is 5.75 Å². The SMILES string of the molecule is Cl.O=S1(=O)NC[C@H](O)CN(Cc2ccccc2)CC2(COc3cc(-c4ccccc4)ccc31)C[C@@H](O)[C@@H](O)C2. The lowest BCUT2D eigenvalue weighted by Gasteiger charge is -2.37. The molecule has 210 valence electrons. The normalized spacial score (nSPS) is 27.4. The smallest absolute Gasteiger partial charge is 0.244 e. The number of rotatable bonds is 3. The second-order valence-electron chi connectivity index (χ2n) is 10.5. The maximum atomic E-state index is 13.3. The van der Waals surface area contributed by atoms with E-state index in [1.165, 1.54) is 6.07 Å². The van der Waals surface area contributed by atoms with Gasteiger partial charge in [0.15, 0.2) is 0 Å². The van der Waals surface area contributed by atoms with Crippen LogP contribution in [-0.2, 0) is 16.6 Å². The van der Waals surface area contributed by atoms with Crippen molar-refractivity contribution in [1.82, 2.24) is 9.62 Å². The molecule has 1 unspecified atom stereocenters. The zero-order valence-corrected chi connectivity index (χ0v) is 23.2. The summed E-state index contributed by atoms with van der Waals surface area (Å²) in [6, 6.07) is 24.4. The van der Waals surface area contributed by atoms with Crippen molar-refractivity contribution < 1.29 is 28.5 Å². The molecule has 1 fully saturated rings. The molecular formula is C29H35ClN2O6S. The highest BCUT2D eigenvalue weighted by molar-refractivity contribution is 7.89. The van der Waals surface area contributed by atoms with Crippen LogP contribution in [0.1, 0.15) is 18.4 Å². The summed E-state index contributed by atoms with van der Waals surface area (Å²) in [5.74, 6) is 0.193. The highest BCUT2D eigenvalue weighted by atomic mass is 35.5. The number of β-amino-alcohol motifs (C(OH)–C–C–N with tert-alkyl or cyclic N) is 1. The van der Waals surface area contributed by atoms with Gasteiger partial charge in [-0.3, -0.25) is 4.90 Å². The predicted molar refractivity (Wildman–Crippen MR) is 151 cm³/mol. The van der Waals surface area contributed by atoms with Crippen molar-refractivity contribution in [2.24, 2.45) is 5.41 Å². The van der Waals surface area contributed by atoms with Crippen LogP contribution in [0.15, 0.2) is 83.8 Å². The average Bonchev–Trinajstić information content (AvgIpc) is 3.19. The van der Waals surface area contributed by atoms with E-state index in [9.17, 15) is 23.7 Å². The first-order chi connectivity index (χ1) is 18.2. The number of nitrogens with one attached hydrogen (secondary N) is 1. The summed E-state index contributed by atoms with van der Waals surface area (Å²) in [6.07, 6.45) is -2.18. The van der Waals surface area contributed by atoms with Gasteiger partial charge in [0, 0.05) is 31.6 Å². The monoisotopic (exact) mass is 574 g/mol. The molecule has 0 saturated heterocycles. The van der Waals surface area contributed by atoms with Crippen LogP contribution in [0.2, 0.25) is 0 Å². The number of benzene rings is 3. The first-order valence-corrected chi connectivity index (χ1v) is 14.3. The highest BCUT2D eigenvalue weighted by Gasteiger charge is 2.46. The second-order valence-corrected chi connectivity index (χ2v) is 12.3. The number of hydrogen-bond donors (Lipinski definition) is 4. The van der Waals surface area contributed by atoms with E-state index in [4.69, 9.17) is 4.74 Å². The van der Waals surface area contributed by atoms with E-state index in [1.807, 2.05) is 65.6 Å². The van der Waals surface area contributed by atoms with Gasteiger partial charge < -0.3 is 20.1 Å². The van der Waals surface area contributed by atoms with E-state index in [0.717, 1.165) is 16.7 Å². The van der Waals surface area contributed by atoms with Gasteiger partial charge in [0.05, 0.1) is 24.9 Å². The van der Waals surface area contributed by atoms with Gasteiger partial charge in [0.1, 0.15) is 10.6 Å². The predicted octanol–water partition coefficient (Wildman–Crippen LogP) is 2.81. The fourth-order valence-electron chi connectivity index (χ4n) is 5.57. The summed E-state index contributed by atoms with van der Waals surface area (Å²) in [7, 11) is -3.99. The number of hydrogen-bond acceptors (Lipinski definition) is 7. The van der Waals surface area contributed by atoms with Crippen molar-refractivity contribution in [2.75, 3.05) is 26.2 Å². The first kappa shape index (κ1) is 29.5. The highest BCUT2D eigenvalue weighted by Crippen LogP contribution is 2.41. The zero-order valence-electron chi connectivity index (χ0n) is 21.5. The van der Waals surface area contributed by atoms with E-state index in [2.05, 4.69) is 4.72 Å². The Hall–Kier alpha value is -2.50. The maximum Gasteiger partial charge on any atom is 0.244 e. The molecule has 2 aliphatic rings. The van der Waals surface area contributed by atoms with Crippen molar-refractivity contribution in [2.45, 2.75) is 42.6 Å². The lowest BCUT2D eigenvalue weighted by molar-refractivity contribution is 0.0427. The van der Waals surface area contributed by atoms with Crippen LogP contribution in [-0.4, -0.2) is 73.2 Å². The Morgan fingerprint density at radius 3 is 2.21 bits per heavy atom. The van der Waals surface area contributed by atoms with Gasteiger partial charge in [0.25, 0.3) is 0 Å². The van der Waals surface area contributed by atoms with Crippen LogP contribution in [0.4, 0.5) is 0 Å². The Morgan fingerprint density at radius 2 is 1.54 bits per heavy atom. The summed E-state index contributed by atoms with van der Waals surface area (Å²) in [6.45, 7) is 1.13. The number of nitrogens with zero attached hydrogens (tertiary/aromatic N) is 1. The lowest BCUT2D eigenvalue weighted by atomic mass is 9.85. The molecule has 10 heteroatoms. The molecule has 0 amide bonds. The fraction of sp³-hybridized carbons (Fsp3) is 0.379. The third-order valence-electron chi connectivity index (χ3n) is 7.39. The molecule has 8 nitrogen and oxygen atoms in total. The van der Waals surface area contributed by atoms with Crippen LogP contribution in [0.3, 0.4) is 0 Å². The molecular weight excluding hydrogens is 540 g/mol. The third kappa shape index (κ3) is 6.99. The minimum absolute atomic E-state index is 0. The number of sulfonamides is 1. The number of aliphatic hydroxyl groups excluding tert-OH is 3. The average molecular weight is 575 g/mol. The lowest BCUT2D eigenvalue weighted by Crippen LogP contribution is -2.46. The molecule has 3 aromatic rings. The zero-order chi connectivity index (χ0) is 26.8. The van der Waals surface area contributed by atoms with Crippen molar-refractivity contribution in [3.05, 3.63) is 84.4 Å². The summed E-state index contributed by atoms with van der Waals surface area (Å²) >= 11 is 0. The quantitative estimate of drug-likeness (QED) is 0.380. The summed E-state index contributed by atoms with van der Waals surface area (Å²) in [5, 5.41) is 31.9. The Kier molecular flexibility index (Phi) is 9.33. The summed E-state index contributed by atoms with van der Waals surface area (Å²) in [4.78, 5) is 2.03. The Morgan fingerprint density at radius 1 is 0.897 bits per heavy atom. The molecule has 1 saturated carbocycles. The molecule has 39 heavy (non-hydrogen) atoms. The Bertz CT molecular complexity index is 1330. The van der Waals surface area contributed by atoms with Gasteiger partial charge in [-0.25, -0.2) is 13.1 Å². The molecule has 1 aliphatic heterocycles. The molecule has 1 spiro atoms. The summed E-state index contributed by atoms with van der Waals surface area (Å²) < 4.78 is 35.4. The number of halogens is 1. The minimum atomic E-state index is -3.99. The molecule has 4 atom stereocenters. The molecule has 0 bridgehead atoms. The minimum Gasteiger partial charge on any atom is -0.492 e. The van der Waals surface area contributed by atoms with Crippen molar-refractivity contribution in [1.29, 1.82) is 0 Å².